The molecule has 2 heterocycles. The molecule has 2 aromatic heterocycles. The Labute approximate surface area is 117 Å². The van der Waals surface area contributed by atoms with E-state index in [4.69, 9.17) is 9.26 Å². The number of hydrogen-bond acceptors (Lipinski definition) is 6. The van der Waals surface area contributed by atoms with Gasteiger partial charge in [0.15, 0.2) is 0 Å². The lowest BCUT2D eigenvalue weighted by Crippen LogP contribution is -2.29. The number of aromatic nitrogens is 3. The summed E-state index contributed by atoms with van der Waals surface area (Å²) in [5, 5.41) is 13.5. The van der Waals surface area contributed by atoms with E-state index >= 15 is 0 Å². The number of ether oxygens (including phenoxy) is 1. The molecule has 0 atom stereocenters. The molecule has 0 unspecified atom stereocenters. The zero-order valence-electron chi connectivity index (χ0n) is 12.0. The zero-order chi connectivity index (χ0) is 14.6. The van der Waals surface area contributed by atoms with E-state index in [9.17, 15) is 5.11 Å². The average molecular weight is 277 g/mol. The van der Waals surface area contributed by atoms with Crippen LogP contribution in [0.3, 0.4) is 0 Å². The Morgan fingerprint density at radius 2 is 2.00 bits per heavy atom. The Hall–Kier alpha value is -1.95. The van der Waals surface area contributed by atoms with E-state index < -0.39 is 5.60 Å². The predicted molar refractivity (Wildman–Crippen MR) is 73.1 cm³/mol. The summed E-state index contributed by atoms with van der Waals surface area (Å²) in [6, 6.07) is 1.53. The lowest BCUT2D eigenvalue weighted by atomic mass is 9.96. The van der Waals surface area contributed by atoms with Gasteiger partial charge in [-0.25, -0.2) is 0 Å². The SMILES string of the molecule is CCOC(CC)(CC)c1noc(-c2cncc(O)c2)n1. The highest BCUT2D eigenvalue weighted by Crippen LogP contribution is 2.32. The van der Waals surface area contributed by atoms with Gasteiger partial charge in [-0.1, -0.05) is 19.0 Å². The molecule has 2 rings (SSSR count). The maximum Gasteiger partial charge on any atom is 0.259 e. The Morgan fingerprint density at radius 1 is 1.25 bits per heavy atom. The smallest absolute Gasteiger partial charge is 0.259 e. The first kappa shape index (κ1) is 14.5. The Bertz CT molecular complexity index is 564. The summed E-state index contributed by atoms with van der Waals surface area (Å²) in [5.74, 6) is 0.918. The predicted octanol–water partition coefficient (Wildman–Crippen LogP) is 2.89. The van der Waals surface area contributed by atoms with Crippen LogP contribution in [-0.4, -0.2) is 26.8 Å². The maximum absolute atomic E-state index is 9.44. The molecule has 0 saturated carbocycles. The van der Waals surface area contributed by atoms with Gasteiger partial charge in [0.05, 0.1) is 11.8 Å². The zero-order valence-corrected chi connectivity index (χ0v) is 12.0. The van der Waals surface area contributed by atoms with E-state index in [0.29, 0.717) is 23.9 Å². The molecular formula is C14H19N3O3. The van der Waals surface area contributed by atoms with Crippen molar-refractivity contribution < 1.29 is 14.4 Å². The van der Waals surface area contributed by atoms with E-state index in [1.54, 1.807) is 6.20 Å². The van der Waals surface area contributed by atoms with Crippen molar-refractivity contribution >= 4 is 0 Å². The van der Waals surface area contributed by atoms with Crippen molar-refractivity contribution in [1.29, 1.82) is 0 Å². The highest BCUT2D eigenvalue weighted by molar-refractivity contribution is 5.53. The molecule has 0 aliphatic heterocycles. The van der Waals surface area contributed by atoms with Gasteiger partial charge in [0.25, 0.3) is 5.89 Å². The molecule has 0 radical (unpaired) electrons. The molecule has 1 N–H and O–H groups in total. The number of rotatable bonds is 6. The third kappa shape index (κ3) is 2.65. The van der Waals surface area contributed by atoms with Crippen molar-refractivity contribution in [2.24, 2.45) is 0 Å². The van der Waals surface area contributed by atoms with Gasteiger partial charge in [-0.3, -0.25) is 4.98 Å². The number of hydrogen-bond donors (Lipinski definition) is 1. The van der Waals surface area contributed by atoms with Crippen LogP contribution >= 0.6 is 0 Å². The Kier molecular flexibility index (Phi) is 4.34. The molecule has 0 fully saturated rings. The fraction of sp³-hybridized carbons (Fsp3) is 0.500. The lowest BCUT2D eigenvalue weighted by Gasteiger charge is -2.27. The van der Waals surface area contributed by atoms with Crippen LogP contribution in [0, 0.1) is 0 Å². The second kappa shape index (κ2) is 6.00. The second-order valence-corrected chi connectivity index (χ2v) is 4.49. The van der Waals surface area contributed by atoms with Crippen molar-refractivity contribution in [1.82, 2.24) is 15.1 Å². The van der Waals surface area contributed by atoms with Crippen LogP contribution in [-0.2, 0) is 10.3 Å². The van der Waals surface area contributed by atoms with E-state index in [1.807, 2.05) is 20.8 Å². The summed E-state index contributed by atoms with van der Waals surface area (Å²) in [7, 11) is 0. The maximum atomic E-state index is 9.44. The van der Waals surface area contributed by atoms with Crippen molar-refractivity contribution in [3.63, 3.8) is 0 Å². The average Bonchev–Trinajstić information content (AvgIpc) is 2.95. The quantitative estimate of drug-likeness (QED) is 0.874. The van der Waals surface area contributed by atoms with Crippen LogP contribution < -0.4 is 0 Å². The summed E-state index contributed by atoms with van der Waals surface area (Å²) >= 11 is 0. The summed E-state index contributed by atoms with van der Waals surface area (Å²) in [6.07, 6.45) is 4.43. The second-order valence-electron chi connectivity index (χ2n) is 4.49. The van der Waals surface area contributed by atoms with Crippen molar-refractivity contribution in [2.45, 2.75) is 39.2 Å². The minimum atomic E-state index is -0.527. The van der Waals surface area contributed by atoms with Crippen molar-refractivity contribution in [3.05, 3.63) is 24.3 Å². The van der Waals surface area contributed by atoms with Gasteiger partial charge in [0.1, 0.15) is 11.4 Å². The summed E-state index contributed by atoms with van der Waals surface area (Å²) in [4.78, 5) is 8.30. The largest absolute Gasteiger partial charge is 0.506 e. The van der Waals surface area contributed by atoms with Gasteiger partial charge >= 0.3 is 0 Å². The van der Waals surface area contributed by atoms with E-state index in [2.05, 4.69) is 15.1 Å². The third-order valence-electron chi connectivity index (χ3n) is 3.37. The van der Waals surface area contributed by atoms with Crippen LogP contribution in [0.4, 0.5) is 0 Å². The van der Waals surface area contributed by atoms with E-state index in [1.165, 1.54) is 12.3 Å². The number of nitrogens with zero attached hydrogens (tertiary/aromatic N) is 3. The van der Waals surface area contributed by atoms with Crippen LogP contribution in [0.25, 0.3) is 11.5 Å². The molecular weight excluding hydrogens is 258 g/mol. The van der Waals surface area contributed by atoms with Gasteiger partial charge in [0.2, 0.25) is 5.82 Å². The minimum absolute atomic E-state index is 0.0595. The topological polar surface area (TPSA) is 81.3 Å². The minimum Gasteiger partial charge on any atom is -0.506 e. The molecule has 0 amide bonds. The molecule has 0 aliphatic rings. The van der Waals surface area contributed by atoms with Crippen molar-refractivity contribution in [2.75, 3.05) is 6.61 Å². The number of pyridine rings is 1. The summed E-state index contributed by atoms with van der Waals surface area (Å²) in [6.45, 7) is 6.59. The molecule has 20 heavy (non-hydrogen) atoms. The lowest BCUT2D eigenvalue weighted by molar-refractivity contribution is -0.0583. The standard InChI is InChI=1S/C14H19N3O3/c1-4-14(5-2,19-6-3)13-16-12(20-17-13)10-7-11(18)9-15-8-10/h7-9,18H,4-6H2,1-3H3. The van der Waals surface area contributed by atoms with Crippen LogP contribution in [0.2, 0.25) is 0 Å². The van der Waals surface area contributed by atoms with Gasteiger partial charge in [-0.2, -0.15) is 4.98 Å². The van der Waals surface area contributed by atoms with Crippen LogP contribution in [0.5, 0.6) is 5.75 Å². The summed E-state index contributed by atoms with van der Waals surface area (Å²) < 4.78 is 11.1. The highest BCUT2D eigenvalue weighted by Gasteiger charge is 2.34. The molecule has 0 aromatic carbocycles. The molecule has 0 spiro atoms. The molecule has 6 nitrogen and oxygen atoms in total. The fourth-order valence-corrected chi connectivity index (χ4v) is 2.18. The van der Waals surface area contributed by atoms with Gasteiger partial charge in [-0.05, 0) is 25.8 Å². The van der Waals surface area contributed by atoms with Gasteiger partial charge in [-0.15, -0.1) is 0 Å². The molecule has 2 aromatic rings. The summed E-state index contributed by atoms with van der Waals surface area (Å²) in [5.41, 5.74) is 0.0576. The highest BCUT2D eigenvalue weighted by atomic mass is 16.5. The fourth-order valence-electron chi connectivity index (χ4n) is 2.18. The third-order valence-corrected chi connectivity index (χ3v) is 3.37. The first-order valence-electron chi connectivity index (χ1n) is 6.77. The first-order chi connectivity index (χ1) is 9.65. The molecule has 0 aliphatic carbocycles. The molecule has 0 saturated heterocycles. The van der Waals surface area contributed by atoms with E-state index in [-0.39, 0.29) is 5.75 Å². The molecule has 108 valence electrons. The van der Waals surface area contributed by atoms with Gasteiger partial charge in [0, 0.05) is 12.8 Å². The molecule has 0 bridgehead atoms. The van der Waals surface area contributed by atoms with Crippen LogP contribution in [0.15, 0.2) is 23.0 Å². The van der Waals surface area contributed by atoms with E-state index in [0.717, 1.165) is 12.8 Å². The van der Waals surface area contributed by atoms with Crippen molar-refractivity contribution in [3.8, 4) is 17.2 Å². The Morgan fingerprint density at radius 3 is 2.60 bits per heavy atom. The first-order valence-corrected chi connectivity index (χ1v) is 6.77. The molecule has 6 heteroatoms. The normalized spacial score (nSPS) is 11.8. The Balaban J connectivity index is 2.36. The monoisotopic (exact) mass is 277 g/mol. The van der Waals surface area contributed by atoms with Gasteiger partial charge < -0.3 is 14.4 Å². The number of aromatic hydroxyl groups is 1. The van der Waals surface area contributed by atoms with Crippen LogP contribution in [0.1, 0.15) is 39.4 Å².